The molecule has 1 atom stereocenters. The Morgan fingerprint density at radius 3 is 2.69 bits per heavy atom. The van der Waals surface area contributed by atoms with Gasteiger partial charge in [0.1, 0.15) is 0 Å². The summed E-state index contributed by atoms with van der Waals surface area (Å²) in [5.74, 6) is -0.341. The Bertz CT molecular complexity index is 442. The molecule has 86 valence electrons. The summed E-state index contributed by atoms with van der Waals surface area (Å²) in [4.78, 5) is 11.8. The molecule has 0 aliphatic rings. The van der Waals surface area contributed by atoms with Crippen molar-refractivity contribution in [3.05, 3.63) is 17.0 Å². The van der Waals surface area contributed by atoms with Gasteiger partial charge in [-0.3, -0.25) is 9.48 Å². The maximum absolute atomic E-state index is 11.8. The van der Waals surface area contributed by atoms with E-state index in [0.29, 0.717) is 17.8 Å². The molecule has 0 aliphatic carbocycles. The number of aromatic nitrogens is 2. The van der Waals surface area contributed by atoms with Crippen LogP contribution in [0.15, 0.2) is 0 Å². The third-order valence-electron chi connectivity index (χ3n) is 2.53. The molecule has 0 spiro atoms. The molecular formula is C11H16N4O. The topological polar surface area (TPSA) is 70.7 Å². The third-order valence-corrected chi connectivity index (χ3v) is 2.53. The minimum absolute atomic E-state index is 0.162. The fraction of sp³-hybridized carbons (Fsp3) is 0.545. The Kier molecular flexibility index (Phi) is 3.67. The van der Waals surface area contributed by atoms with Crippen LogP contribution < -0.4 is 5.32 Å². The van der Waals surface area contributed by atoms with Crippen LogP contribution in [0.5, 0.6) is 0 Å². The highest BCUT2D eigenvalue weighted by atomic mass is 16.1. The Morgan fingerprint density at radius 1 is 1.62 bits per heavy atom. The van der Waals surface area contributed by atoms with E-state index in [-0.39, 0.29) is 11.8 Å². The van der Waals surface area contributed by atoms with Gasteiger partial charge in [-0.15, -0.1) is 0 Å². The lowest BCUT2D eigenvalue weighted by atomic mass is 10.1. The number of nitriles is 1. The fourth-order valence-electron chi connectivity index (χ4n) is 1.48. The van der Waals surface area contributed by atoms with Crippen molar-refractivity contribution in [3.63, 3.8) is 0 Å². The van der Waals surface area contributed by atoms with Crippen LogP contribution in [0.4, 0.5) is 0 Å². The van der Waals surface area contributed by atoms with Crippen molar-refractivity contribution >= 4 is 5.91 Å². The molecule has 0 aliphatic heterocycles. The molecule has 0 saturated heterocycles. The molecule has 1 amide bonds. The van der Waals surface area contributed by atoms with E-state index < -0.39 is 0 Å². The summed E-state index contributed by atoms with van der Waals surface area (Å²) >= 11 is 0. The van der Waals surface area contributed by atoms with Gasteiger partial charge in [0.15, 0.2) is 0 Å². The number of hydrogen-bond donors (Lipinski definition) is 1. The second-order valence-electron chi connectivity index (χ2n) is 3.91. The van der Waals surface area contributed by atoms with Crippen LogP contribution in [-0.4, -0.2) is 22.2 Å². The predicted octanol–water partition coefficient (Wildman–Crippen LogP) is 0.926. The first-order valence-corrected chi connectivity index (χ1v) is 5.15. The summed E-state index contributed by atoms with van der Waals surface area (Å²) in [5.41, 5.74) is 2.15. The molecule has 5 nitrogen and oxygen atoms in total. The van der Waals surface area contributed by atoms with Crippen molar-refractivity contribution in [3.8, 4) is 6.07 Å². The molecule has 16 heavy (non-hydrogen) atoms. The van der Waals surface area contributed by atoms with E-state index in [2.05, 4.69) is 16.5 Å². The van der Waals surface area contributed by atoms with Gasteiger partial charge in [-0.1, -0.05) is 0 Å². The van der Waals surface area contributed by atoms with Crippen LogP contribution in [0.2, 0.25) is 0 Å². The van der Waals surface area contributed by atoms with Gasteiger partial charge < -0.3 is 5.32 Å². The molecular weight excluding hydrogens is 204 g/mol. The van der Waals surface area contributed by atoms with E-state index in [9.17, 15) is 4.79 Å². The molecule has 1 rings (SSSR count). The highest BCUT2D eigenvalue weighted by molar-refractivity contribution is 5.96. The monoisotopic (exact) mass is 220 g/mol. The van der Waals surface area contributed by atoms with Crippen molar-refractivity contribution in [2.24, 2.45) is 13.0 Å². The SMILES string of the molecule is Cc1nn(C)c(C)c1C(=O)NCC(C)C#N. The van der Waals surface area contributed by atoms with Gasteiger partial charge in [-0.25, -0.2) is 0 Å². The molecule has 1 N–H and O–H groups in total. The van der Waals surface area contributed by atoms with E-state index in [4.69, 9.17) is 5.26 Å². The van der Waals surface area contributed by atoms with Crippen molar-refractivity contribution < 1.29 is 4.79 Å². The Hall–Kier alpha value is -1.83. The van der Waals surface area contributed by atoms with Crippen LogP contribution in [0, 0.1) is 31.1 Å². The molecule has 0 radical (unpaired) electrons. The number of nitrogens with zero attached hydrogens (tertiary/aromatic N) is 3. The minimum Gasteiger partial charge on any atom is -0.351 e. The Labute approximate surface area is 95.1 Å². The molecule has 5 heteroatoms. The molecule has 0 bridgehead atoms. The second-order valence-corrected chi connectivity index (χ2v) is 3.91. The first kappa shape index (κ1) is 12.2. The zero-order valence-corrected chi connectivity index (χ0v) is 10.0. The summed E-state index contributed by atoms with van der Waals surface area (Å²) in [5, 5.41) is 15.5. The van der Waals surface area contributed by atoms with E-state index in [1.807, 2.05) is 6.92 Å². The van der Waals surface area contributed by atoms with E-state index >= 15 is 0 Å². The summed E-state index contributed by atoms with van der Waals surface area (Å²) < 4.78 is 1.68. The highest BCUT2D eigenvalue weighted by Crippen LogP contribution is 2.11. The van der Waals surface area contributed by atoms with Crippen LogP contribution in [0.3, 0.4) is 0 Å². The van der Waals surface area contributed by atoms with Gasteiger partial charge >= 0.3 is 0 Å². The van der Waals surface area contributed by atoms with Gasteiger partial charge in [-0.2, -0.15) is 10.4 Å². The zero-order chi connectivity index (χ0) is 12.3. The van der Waals surface area contributed by atoms with Crippen molar-refractivity contribution in [2.45, 2.75) is 20.8 Å². The van der Waals surface area contributed by atoms with Crippen LogP contribution >= 0.6 is 0 Å². The lowest BCUT2D eigenvalue weighted by molar-refractivity contribution is 0.0949. The number of nitrogens with one attached hydrogen (secondary N) is 1. The number of rotatable bonds is 3. The predicted molar refractivity (Wildman–Crippen MR) is 59.8 cm³/mol. The maximum Gasteiger partial charge on any atom is 0.255 e. The molecule has 0 aromatic carbocycles. The number of aryl methyl sites for hydroxylation is 2. The average molecular weight is 220 g/mol. The molecule has 1 heterocycles. The van der Waals surface area contributed by atoms with Gasteiger partial charge in [0.25, 0.3) is 5.91 Å². The number of amides is 1. The number of carbonyl (C=O) groups is 1. The number of carbonyl (C=O) groups excluding carboxylic acids is 1. The van der Waals surface area contributed by atoms with Crippen LogP contribution in [-0.2, 0) is 7.05 Å². The molecule has 0 fully saturated rings. The highest BCUT2D eigenvalue weighted by Gasteiger charge is 2.17. The second kappa shape index (κ2) is 4.79. The van der Waals surface area contributed by atoms with Gasteiger partial charge in [0.2, 0.25) is 0 Å². The fourth-order valence-corrected chi connectivity index (χ4v) is 1.48. The smallest absolute Gasteiger partial charge is 0.255 e. The minimum atomic E-state index is -0.179. The summed E-state index contributed by atoms with van der Waals surface area (Å²) in [6.07, 6.45) is 0. The van der Waals surface area contributed by atoms with Crippen molar-refractivity contribution in [1.82, 2.24) is 15.1 Å². The normalized spacial score (nSPS) is 11.9. The average Bonchev–Trinajstić information content (AvgIpc) is 2.49. The van der Waals surface area contributed by atoms with E-state index in [0.717, 1.165) is 5.69 Å². The lowest BCUT2D eigenvalue weighted by Crippen LogP contribution is -2.28. The van der Waals surface area contributed by atoms with E-state index in [1.54, 1.807) is 25.6 Å². The largest absolute Gasteiger partial charge is 0.351 e. The lowest BCUT2D eigenvalue weighted by Gasteiger charge is -2.06. The number of hydrogen-bond acceptors (Lipinski definition) is 3. The molecule has 0 saturated carbocycles. The van der Waals surface area contributed by atoms with Crippen molar-refractivity contribution in [2.75, 3.05) is 6.54 Å². The van der Waals surface area contributed by atoms with Gasteiger partial charge in [0.05, 0.1) is 23.2 Å². The summed E-state index contributed by atoms with van der Waals surface area (Å²) in [6.45, 7) is 5.78. The van der Waals surface area contributed by atoms with Gasteiger partial charge in [0, 0.05) is 19.3 Å². The molecule has 1 unspecified atom stereocenters. The first-order valence-electron chi connectivity index (χ1n) is 5.15. The quantitative estimate of drug-likeness (QED) is 0.823. The van der Waals surface area contributed by atoms with Crippen molar-refractivity contribution in [1.29, 1.82) is 5.26 Å². The van der Waals surface area contributed by atoms with E-state index in [1.165, 1.54) is 0 Å². The summed E-state index contributed by atoms with van der Waals surface area (Å²) in [7, 11) is 1.80. The standard InChI is InChI=1S/C11H16N4O/c1-7(5-12)6-13-11(16)10-8(2)14-15(4)9(10)3/h7H,6H2,1-4H3,(H,13,16). The molecule has 1 aromatic heterocycles. The first-order chi connectivity index (χ1) is 7.47. The zero-order valence-electron chi connectivity index (χ0n) is 10.0. The molecule has 1 aromatic rings. The third kappa shape index (κ3) is 2.40. The Morgan fingerprint density at radius 2 is 2.25 bits per heavy atom. The van der Waals surface area contributed by atoms with Crippen LogP contribution in [0.1, 0.15) is 28.7 Å². The summed E-state index contributed by atoms with van der Waals surface area (Å²) in [6, 6.07) is 2.07. The maximum atomic E-state index is 11.8. The van der Waals surface area contributed by atoms with Crippen LogP contribution in [0.25, 0.3) is 0 Å². The Balaban J connectivity index is 2.78. The van der Waals surface area contributed by atoms with Gasteiger partial charge in [-0.05, 0) is 20.8 Å².